The first-order chi connectivity index (χ1) is 6.79. The molecule has 0 aromatic carbocycles. The van der Waals surface area contributed by atoms with Crippen molar-refractivity contribution in [2.75, 3.05) is 20.7 Å². The first-order valence-corrected chi connectivity index (χ1v) is 4.83. The van der Waals surface area contributed by atoms with E-state index >= 15 is 0 Å². The average Bonchev–Trinajstić information content (AvgIpc) is 2.14. The summed E-state index contributed by atoms with van der Waals surface area (Å²) in [5, 5.41) is 9.43. The van der Waals surface area contributed by atoms with Crippen molar-refractivity contribution in [3.63, 3.8) is 0 Å². The Balaban J connectivity index is 3.90. The quantitative estimate of drug-likeness (QED) is 0.666. The van der Waals surface area contributed by atoms with Gasteiger partial charge < -0.3 is 14.7 Å². The first kappa shape index (κ1) is 13.9. The molecule has 1 N–H and O–H groups in total. The normalized spacial score (nSPS) is 11.0. The highest BCUT2D eigenvalue weighted by Crippen LogP contribution is 2.06. The van der Waals surface area contributed by atoms with Crippen molar-refractivity contribution in [1.82, 2.24) is 4.90 Å². The largest absolute Gasteiger partial charge is 0.469 e. The molecule has 0 saturated heterocycles. The molecule has 0 saturated carbocycles. The van der Waals surface area contributed by atoms with E-state index in [0.29, 0.717) is 13.0 Å². The molecule has 0 rings (SSSR count). The second-order valence-electron chi connectivity index (χ2n) is 3.97. The molecule has 0 aliphatic carbocycles. The number of carbonyl (C=O) groups excluding carboxylic acids is 2. The zero-order valence-corrected chi connectivity index (χ0v) is 9.74. The van der Waals surface area contributed by atoms with Crippen molar-refractivity contribution in [2.45, 2.75) is 32.3 Å². The summed E-state index contributed by atoms with van der Waals surface area (Å²) in [7, 11) is 2.92. The molecule has 0 bridgehead atoms. The third kappa shape index (κ3) is 5.37. The van der Waals surface area contributed by atoms with Crippen LogP contribution in [0.5, 0.6) is 0 Å². The highest BCUT2D eigenvalue weighted by Gasteiger charge is 2.26. The molecule has 0 aliphatic rings. The Morgan fingerprint density at radius 1 is 1.40 bits per heavy atom. The molecular weight excluding hydrogens is 198 g/mol. The van der Waals surface area contributed by atoms with Crippen LogP contribution in [0.4, 0.5) is 0 Å². The van der Waals surface area contributed by atoms with E-state index in [1.165, 1.54) is 25.9 Å². The molecule has 0 fully saturated rings. The lowest BCUT2D eigenvalue weighted by molar-refractivity contribution is -0.147. The van der Waals surface area contributed by atoms with Crippen LogP contribution in [0.1, 0.15) is 26.7 Å². The van der Waals surface area contributed by atoms with Gasteiger partial charge in [-0.05, 0) is 20.3 Å². The predicted molar refractivity (Wildman–Crippen MR) is 55.2 cm³/mol. The number of amides is 1. The summed E-state index contributed by atoms with van der Waals surface area (Å²) in [6.07, 6.45) is 0.810. The Hall–Kier alpha value is -1.10. The van der Waals surface area contributed by atoms with E-state index in [9.17, 15) is 14.7 Å². The molecule has 0 atom stereocenters. The Labute approximate surface area is 90.0 Å². The monoisotopic (exact) mass is 217 g/mol. The van der Waals surface area contributed by atoms with Crippen molar-refractivity contribution >= 4 is 11.9 Å². The molecule has 0 radical (unpaired) electrons. The van der Waals surface area contributed by atoms with Gasteiger partial charge in [0.15, 0.2) is 0 Å². The number of hydrogen-bond donors (Lipinski definition) is 1. The lowest BCUT2D eigenvalue weighted by Crippen LogP contribution is -2.43. The van der Waals surface area contributed by atoms with Crippen molar-refractivity contribution in [1.29, 1.82) is 0 Å². The third-order valence-corrected chi connectivity index (χ3v) is 1.97. The summed E-state index contributed by atoms with van der Waals surface area (Å²) in [5.74, 6) is -0.647. The fraction of sp³-hybridized carbons (Fsp3) is 0.800. The zero-order chi connectivity index (χ0) is 12.1. The van der Waals surface area contributed by atoms with Crippen LogP contribution in [-0.2, 0) is 14.3 Å². The minimum absolute atomic E-state index is 0.278. The van der Waals surface area contributed by atoms with Crippen molar-refractivity contribution in [2.24, 2.45) is 0 Å². The molecule has 15 heavy (non-hydrogen) atoms. The Morgan fingerprint density at radius 3 is 2.33 bits per heavy atom. The zero-order valence-electron chi connectivity index (χ0n) is 9.74. The second-order valence-corrected chi connectivity index (χ2v) is 3.97. The molecule has 0 unspecified atom stereocenters. The smallest absolute Gasteiger partial charge is 0.305 e. The number of rotatable bonds is 5. The molecule has 0 spiro atoms. The summed E-state index contributed by atoms with van der Waals surface area (Å²) in [6.45, 7) is 3.30. The topological polar surface area (TPSA) is 66.8 Å². The van der Waals surface area contributed by atoms with E-state index in [2.05, 4.69) is 4.74 Å². The SMILES string of the molecule is COC(=O)CCCN(C)C(=O)C(C)(C)O. The van der Waals surface area contributed by atoms with E-state index in [0.717, 1.165) is 0 Å². The van der Waals surface area contributed by atoms with Gasteiger partial charge in [0.05, 0.1) is 7.11 Å². The molecule has 0 aromatic heterocycles. The number of ether oxygens (including phenoxy) is 1. The maximum Gasteiger partial charge on any atom is 0.305 e. The fourth-order valence-corrected chi connectivity index (χ4v) is 1.13. The number of nitrogens with zero attached hydrogens (tertiary/aromatic N) is 1. The van der Waals surface area contributed by atoms with Gasteiger partial charge in [0.2, 0.25) is 0 Å². The number of methoxy groups -OCH3 is 1. The van der Waals surface area contributed by atoms with E-state index in [1.807, 2.05) is 0 Å². The lowest BCUT2D eigenvalue weighted by Gasteiger charge is -2.24. The summed E-state index contributed by atoms with van der Waals surface area (Å²) in [5.41, 5.74) is -1.36. The number of hydrogen-bond acceptors (Lipinski definition) is 4. The van der Waals surface area contributed by atoms with Gasteiger partial charge in [-0.3, -0.25) is 9.59 Å². The van der Waals surface area contributed by atoms with Crippen LogP contribution < -0.4 is 0 Å². The summed E-state index contributed by atoms with van der Waals surface area (Å²) in [4.78, 5) is 23.7. The van der Waals surface area contributed by atoms with Gasteiger partial charge in [0.25, 0.3) is 5.91 Å². The van der Waals surface area contributed by atoms with Crippen LogP contribution in [0.25, 0.3) is 0 Å². The molecule has 0 heterocycles. The molecule has 5 nitrogen and oxygen atoms in total. The van der Waals surface area contributed by atoms with E-state index in [-0.39, 0.29) is 18.3 Å². The number of aliphatic hydroxyl groups is 1. The highest BCUT2D eigenvalue weighted by atomic mass is 16.5. The van der Waals surface area contributed by atoms with Gasteiger partial charge in [-0.15, -0.1) is 0 Å². The Bertz CT molecular complexity index is 232. The van der Waals surface area contributed by atoms with Gasteiger partial charge in [-0.1, -0.05) is 0 Å². The van der Waals surface area contributed by atoms with Crippen LogP contribution >= 0.6 is 0 Å². The predicted octanol–water partition coefficient (Wildman–Crippen LogP) is 0.169. The summed E-state index contributed by atoms with van der Waals surface area (Å²) >= 11 is 0. The minimum Gasteiger partial charge on any atom is -0.469 e. The standard InChI is InChI=1S/C10H19NO4/c1-10(2,14)9(13)11(3)7-5-6-8(12)15-4/h14H,5-7H2,1-4H3. The molecule has 88 valence electrons. The average molecular weight is 217 g/mol. The third-order valence-electron chi connectivity index (χ3n) is 1.97. The van der Waals surface area contributed by atoms with E-state index in [4.69, 9.17) is 0 Å². The Morgan fingerprint density at radius 2 is 1.93 bits per heavy atom. The van der Waals surface area contributed by atoms with Crippen molar-refractivity contribution < 1.29 is 19.4 Å². The van der Waals surface area contributed by atoms with Crippen LogP contribution in [0, 0.1) is 0 Å². The number of esters is 1. The molecule has 0 aromatic rings. The second kappa shape index (κ2) is 5.70. The minimum atomic E-state index is -1.36. The maximum absolute atomic E-state index is 11.5. The van der Waals surface area contributed by atoms with E-state index < -0.39 is 5.60 Å². The van der Waals surface area contributed by atoms with Crippen molar-refractivity contribution in [3.8, 4) is 0 Å². The van der Waals surface area contributed by atoms with Crippen LogP contribution in [-0.4, -0.2) is 48.2 Å². The van der Waals surface area contributed by atoms with Crippen LogP contribution in [0.3, 0.4) is 0 Å². The molecular formula is C10H19NO4. The Kier molecular flexibility index (Phi) is 5.28. The van der Waals surface area contributed by atoms with Gasteiger partial charge in [-0.2, -0.15) is 0 Å². The fourth-order valence-electron chi connectivity index (χ4n) is 1.13. The summed E-state index contributed by atoms with van der Waals surface area (Å²) < 4.78 is 4.47. The molecule has 5 heteroatoms. The molecule has 0 aliphatic heterocycles. The van der Waals surface area contributed by atoms with Gasteiger partial charge in [0.1, 0.15) is 5.60 Å². The number of carbonyl (C=O) groups is 2. The van der Waals surface area contributed by atoms with Gasteiger partial charge in [-0.25, -0.2) is 0 Å². The lowest BCUT2D eigenvalue weighted by atomic mass is 10.1. The van der Waals surface area contributed by atoms with Crippen LogP contribution in [0.2, 0.25) is 0 Å². The van der Waals surface area contributed by atoms with E-state index in [1.54, 1.807) is 7.05 Å². The highest BCUT2D eigenvalue weighted by molar-refractivity contribution is 5.83. The number of likely N-dealkylation sites (N-methyl/N-ethyl adjacent to an activating group) is 1. The van der Waals surface area contributed by atoms with Crippen LogP contribution in [0.15, 0.2) is 0 Å². The molecule has 1 amide bonds. The van der Waals surface area contributed by atoms with Gasteiger partial charge >= 0.3 is 5.97 Å². The van der Waals surface area contributed by atoms with Crippen molar-refractivity contribution in [3.05, 3.63) is 0 Å². The first-order valence-electron chi connectivity index (χ1n) is 4.83. The summed E-state index contributed by atoms with van der Waals surface area (Å²) in [6, 6.07) is 0. The van der Waals surface area contributed by atoms with Gasteiger partial charge in [0, 0.05) is 20.0 Å². The maximum atomic E-state index is 11.5.